The minimum absolute atomic E-state index is 0.250. The van der Waals surface area contributed by atoms with Crippen LogP contribution in [0.15, 0.2) is 29.4 Å². The van der Waals surface area contributed by atoms with E-state index in [1.165, 1.54) is 11.1 Å². The van der Waals surface area contributed by atoms with Gasteiger partial charge in [-0.2, -0.15) is 0 Å². The second-order valence-electron chi connectivity index (χ2n) is 3.52. The highest BCUT2D eigenvalue weighted by Crippen LogP contribution is 2.08. The standard InChI is InChI=1S/C12H17NO.C2H6.CH3NO/c1-4-11(3)13-14-9-12-8-6-5-7-10(12)2;1-2;2-1-3/h5-8H,4,9H2,1-3H3;1-2H3;1H,(H2,2,3). The van der Waals surface area contributed by atoms with Gasteiger partial charge in [-0.15, -0.1) is 0 Å². The quantitative estimate of drug-likeness (QED) is 0.515. The summed E-state index contributed by atoms with van der Waals surface area (Å²) in [6.45, 7) is 10.7. The van der Waals surface area contributed by atoms with Crippen LogP contribution in [0.2, 0.25) is 0 Å². The summed E-state index contributed by atoms with van der Waals surface area (Å²) >= 11 is 0. The molecule has 0 aliphatic rings. The van der Waals surface area contributed by atoms with Crippen LogP contribution in [0.3, 0.4) is 0 Å². The van der Waals surface area contributed by atoms with Crippen LogP contribution >= 0.6 is 0 Å². The minimum atomic E-state index is 0.250. The zero-order valence-electron chi connectivity index (χ0n) is 12.6. The van der Waals surface area contributed by atoms with Crippen LogP contribution in [0.5, 0.6) is 0 Å². The number of primary amides is 1. The fraction of sp³-hybridized carbons (Fsp3) is 0.467. The molecule has 1 rings (SSSR count). The van der Waals surface area contributed by atoms with E-state index in [-0.39, 0.29) is 6.41 Å². The molecule has 0 aliphatic carbocycles. The summed E-state index contributed by atoms with van der Waals surface area (Å²) in [6.07, 6.45) is 1.19. The fourth-order valence-electron chi connectivity index (χ4n) is 1.05. The molecule has 19 heavy (non-hydrogen) atoms. The van der Waals surface area contributed by atoms with Gasteiger partial charge in [0.25, 0.3) is 0 Å². The SMILES string of the molecule is CC.CCC(C)=NOCc1ccccc1C.NC=O. The van der Waals surface area contributed by atoms with Gasteiger partial charge in [0.05, 0.1) is 5.71 Å². The topological polar surface area (TPSA) is 64.7 Å². The van der Waals surface area contributed by atoms with Crippen molar-refractivity contribution in [2.24, 2.45) is 10.9 Å². The number of nitrogens with zero attached hydrogens (tertiary/aromatic N) is 1. The molecule has 0 heterocycles. The fourth-order valence-corrected chi connectivity index (χ4v) is 1.05. The molecule has 0 aliphatic heterocycles. The Morgan fingerprint density at radius 1 is 1.37 bits per heavy atom. The molecule has 0 radical (unpaired) electrons. The van der Waals surface area contributed by atoms with Crippen LogP contribution in [0.25, 0.3) is 0 Å². The lowest BCUT2D eigenvalue weighted by Crippen LogP contribution is -1.94. The van der Waals surface area contributed by atoms with Crippen molar-refractivity contribution in [3.8, 4) is 0 Å². The molecule has 108 valence electrons. The maximum absolute atomic E-state index is 8.58. The predicted octanol–water partition coefficient (Wildman–Crippen LogP) is 3.43. The van der Waals surface area contributed by atoms with E-state index in [0.717, 1.165) is 12.1 Å². The lowest BCUT2D eigenvalue weighted by molar-refractivity contribution is -0.106. The van der Waals surface area contributed by atoms with Crippen LogP contribution < -0.4 is 5.73 Å². The first kappa shape index (κ1) is 19.5. The molecule has 2 N–H and O–H groups in total. The molecule has 0 saturated carbocycles. The van der Waals surface area contributed by atoms with E-state index in [9.17, 15) is 0 Å². The molecular formula is C15H26N2O2. The molecule has 1 aromatic carbocycles. The zero-order chi connectivity index (χ0) is 15.1. The molecule has 1 aromatic rings. The van der Waals surface area contributed by atoms with E-state index in [1.54, 1.807) is 0 Å². The molecule has 4 nitrogen and oxygen atoms in total. The summed E-state index contributed by atoms with van der Waals surface area (Å²) in [7, 11) is 0. The lowest BCUT2D eigenvalue weighted by atomic mass is 10.1. The summed E-state index contributed by atoms with van der Waals surface area (Å²) in [5.41, 5.74) is 7.63. The van der Waals surface area contributed by atoms with Gasteiger partial charge < -0.3 is 10.6 Å². The van der Waals surface area contributed by atoms with Gasteiger partial charge in [0.15, 0.2) is 0 Å². The number of hydrogen-bond acceptors (Lipinski definition) is 3. The molecule has 0 bridgehead atoms. The average molecular weight is 266 g/mol. The zero-order valence-corrected chi connectivity index (χ0v) is 12.6. The Labute approximate surface area is 116 Å². The van der Waals surface area contributed by atoms with Crippen molar-refractivity contribution in [2.45, 2.75) is 47.6 Å². The predicted molar refractivity (Wildman–Crippen MR) is 81.0 cm³/mol. The van der Waals surface area contributed by atoms with E-state index < -0.39 is 0 Å². The third kappa shape index (κ3) is 11.0. The summed E-state index contributed by atoms with van der Waals surface area (Å²) in [5.74, 6) is 0. The van der Waals surface area contributed by atoms with Crippen molar-refractivity contribution in [1.29, 1.82) is 0 Å². The number of aryl methyl sites for hydroxylation is 1. The summed E-state index contributed by atoms with van der Waals surface area (Å²) in [5, 5.41) is 4.00. The molecule has 4 heteroatoms. The van der Waals surface area contributed by atoms with Crippen LogP contribution in [0, 0.1) is 6.92 Å². The van der Waals surface area contributed by atoms with Gasteiger partial charge in [-0.25, -0.2) is 0 Å². The van der Waals surface area contributed by atoms with Crippen LogP contribution in [0.4, 0.5) is 0 Å². The number of carbonyl (C=O) groups is 1. The third-order valence-corrected chi connectivity index (χ3v) is 2.21. The number of rotatable bonds is 4. The molecular weight excluding hydrogens is 240 g/mol. The highest BCUT2D eigenvalue weighted by Gasteiger charge is 1.96. The number of amides is 1. The van der Waals surface area contributed by atoms with Gasteiger partial charge >= 0.3 is 0 Å². The monoisotopic (exact) mass is 266 g/mol. The van der Waals surface area contributed by atoms with Gasteiger partial charge in [-0.05, 0) is 31.4 Å². The van der Waals surface area contributed by atoms with E-state index in [1.807, 2.05) is 32.9 Å². The Kier molecular flexibility index (Phi) is 14.6. The molecule has 0 aromatic heterocycles. The minimum Gasteiger partial charge on any atom is -0.391 e. The molecule has 0 atom stereocenters. The average Bonchev–Trinajstić information content (AvgIpc) is 2.44. The molecule has 1 amide bonds. The first-order valence-corrected chi connectivity index (χ1v) is 6.51. The van der Waals surface area contributed by atoms with Crippen LogP contribution in [-0.2, 0) is 16.2 Å². The number of benzene rings is 1. The van der Waals surface area contributed by atoms with Gasteiger partial charge in [-0.1, -0.05) is 50.2 Å². The maximum atomic E-state index is 8.58. The van der Waals surface area contributed by atoms with Crippen molar-refractivity contribution in [3.63, 3.8) is 0 Å². The lowest BCUT2D eigenvalue weighted by Gasteiger charge is -2.04. The van der Waals surface area contributed by atoms with Crippen molar-refractivity contribution in [1.82, 2.24) is 0 Å². The van der Waals surface area contributed by atoms with Gasteiger partial charge in [0.2, 0.25) is 6.41 Å². The van der Waals surface area contributed by atoms with E-state index in [4.69, 9.17) is 9.63 Å². The highest BCUT2D eigenvalue weighted by molar-refractivity contribution is 5.80. The molecule has 0 unspecified atom stereocenters. The Morgan fingerprint density at radius 2 is 1.89 bits per heavy atom. The number of nitrogens with two attached hydrogens (primary N) is 1. The Balaban J connectivity index is 0. The Morgan fingerprint density at radius 3 is 2.37 bits per heavy atom. The third-order valence-electron chi connectivity index (χ3n) is 2.21. The summed E-state index contributed by atoms with van der Waals surface area (Å²) in [4.78, 5) is 13.8. The number of oxime groups is 1. The van der Waals surface area contributed by atoms with E-state index in [0.29, 0.717) is 6.61 Å². The van der Waals surface area contributed by atoms with E-state index in [2.05, 4.69) is 36.9 Å². The number of hydrogen-bond donors (Lipinski definition) is 1. The normalized spacial score (nSPS) is 9.42. The number of carbonyl (C=O) groups excluding carboxylic acids is 1. The van der Waals surface area contributed by atoms with Crippen molar-refractivity contribution in [2.75, 3.05) is 0 Å². The molecule has 0 saturated heterocycles. The Hall–Kier alpha value is -1.84. The first-order valence-electron chi connectivity index (χ1n) is 6.51. The van der Waals surface area contributed by atoms with Gasteiger partial charge in [0.1, 0.15) is 6.61 Å². The Bertz CT molecular complexity index is 363. The van der Waals surface area contributed by atoms with Crippen molar-refractivity contribution >= 4 is 12.1 Å². The summed E-state index contributed by atoms with van der Waals surface area (Å²) < 4.78 is 0. The van der Waals surface area contributed by atoms with Crippen molar-refractivity contribution < 1.29 is 9.63 Å². The van der Waals surface area contributed by atoms with Gasteiger partial charge in [-0.3, -0.25) is 4.79 Å². The largest absolute Gasteiger partial charge is 0.391 e. The molecule has 0 fully saturated rings. The first-order chi connectivity index (χ1) is 9.15. The van der Waals surface area contributed by atoms with E-state index >= 15 is 0 Å². The molecule has 0 spiro atoms. The van der Waals surface area contributed by atoms with Crippen LogP contribution in [0.1, 0.15) is 45.2 Å². The smallest absolute Gasteiger partial charge is 0.204 e. The van der Waals surface area contributed by atoms with Crippen LogP contribution in [-0.4, -0.2) is 12.1 Å². The maximum Gasteiger partial charge on any atom is 0.204 e. The second kappa shape index (κ2) is 14.2. The van der Waals surface area contributed by atoms with Gasteiger partial charge in [0, 0.05) is 0 Å². The highest BCUT2D eigenvalue weighted by atomic mass is 16.6. The van der Waals surface area contributed by atoms with Crippen molar-refractivity contribution in [3.05, 3.63) is 35.4 Å². The summed E-state index contributed by atoms with van der Waals surface area (Å²) in [6, 6.07) is 8.18. The second-order valence-corrected chi connectivity index (χ2v) is 3.52.